The molecule has 0 aliphatic heterocycles. The molecule has 0 unspecified atom stereocenters. The number of sulfonamides is 1. The first-order valence-electron chi connectivity index (χ1n) is 6.17. The van der Waals surface area contributed by atoms with E-state index in [1.165, 1.54) is 4.31 Å². The summed E-state index contributed by atoms with van der Waals surface area (Å²) in [6.45, 7) is 2.34. The van der Waals surface area contributed by atoms with Crippen LogP contribution in [0.1, 0.15) is 11.1 Å². The summed E-state index contributed by atoms with van der Waals surface area (Å²) in [5.41, 5.74) is 2.09. The molecule has 0 radical (unpaired) electrons. The second kappa shape index (κ2) is 6.08. The van der Waals surface area contributed by atoms with Gasteiger partial charge in [0.25, 0.3) is 0 Å². The van der Waals surface area contributed by atoms with Crippen LogP contribution >= 0.6 is 15.9 Å². The summed E-state index contributed by atoms with van der Waals surface area (Å²) < 4.78 is 27.1. The first-order valence-corrected chi connectivity index (χ1v) is 8.41. The van der Waals surface area contributed by atoms with Crippen LogP contribution in [0.2, 0.25) is 0 Å². The highest BCUT2D eigenvalue weighted by Gasteiger charge is 2.21. The molecule has 2 aromatic rings. The van der Waals surface area contributed by atoms with Crippen LogP contribution in [0.3, 0.4) is 0 Å². The van der Waals surface area contributed by atoms with E-state index in [-0.39, 0.29) is 0 Å². The van der Waals surface area contributed by atoms with Gasteiger partial charge in [0.05, 0.1) is 4.90 Å². The van der Waals surface area contributed by atoms with Crippen LogP contribution < -0.4 is 0 Å². The van der Waals surface area contributed by atoms with Crippen molar-refractivity contribution in [2.24, 2.45) is 0 Å². The number of hydrogen-bond donors (Lipinski definition) is 0. The molecule has 3 nitrogen and oxygen atoms in total. The largest absolute Gasteiger partial charge is 0.243 e. The van der Waals surface area contributed by atoms with E-state index in [9.17, 15) is 8.42 Å². The van der Waals surface area contributed by atoms with Crippen molar-refractivity contribution in [3.8, 4) is 0 Å². The SMILES string of the molecule is Cc1ccccc1CN(C)S(=O)(=O)c1cccc(Br)c1. The molecule has 0 saturated heterocycles. The molecule has 0 N–H and O–H groups in total. The van der Waals surface area contributed by atoms with Crippen molar-refractivity contribution in [2.75, 3.05) is 7.05 Å². The molecule has 0 spiro atoms. The second-order valence-electron chi connectivity index (χ2n) is 4.64. The number of rotatable bonds is 4. The van der Waals surface area contributed by atoms with Crippen molar-refractivity contribution >= 4 is 26.0 Å². The first kappa shape index (κ1) is 15.2. The lowest BCUT2D eigenvalue weighted by Gasteiger charge is -2.18. The van der Waals surface area contributed by atoms with Gasteiger partial charge in [-0.05, 0) is 36.2 Å². The lowest BCUT2D eigenvalue weighted by Crippen LogP contribution is -2.26. The molecule has 0 fully saturated rings. The minimum Gasteiger partial charge on any atom is -0.207 e. The van der Waals surface area contributed by atoms with E-state index in [2.05, 4.69) is 15.9 Å². The minimum atomic E-state index is -3.47. The van der Waals surface area contributed by atoms with E-state index >= 15 is 0 Å². The normalized spacial score (nSPS) is 11.8. The van der Waals surface area contributed by atoms with E-state index in [0.29, 0.717) is 11.4 Å². The average molecular weight is 354 g/mol. The number of nitrogens with zero attached hydrogens (tertiary/aromatic N) is 1. The Balaban J connectivity index is 2.29. The van der Waals surface area contributed by atoms with Crippen molar-refractivity contribution in [1.82, 2.24) is 4.31 Å². The molecule has 0 amide bonds. The van der Waals surface area contributed by atoms with E-state index in [4.69, 9.17) is 0 Å². The smallest absolute Gasteiger partial charge is 0.207 e. The van der Waals surface area contributed by atoms with Gasteiger partial charge < -0.3 is 0 Å². The molecule has 0 aliphatic rings. The van der Waals surface area contributed by atoms with E-state index in [1.807, 2.05) is 31.2 Å². The maximum absolute atomic E-state index is 12.5. The van der Waals surface area contributed by atoms with Gasteiger partial charge in [-0.25, -0.2) is 8.42 Å². The Morgan fingerprint density at radius 3 is 2.45 bits per heavy atom. The molecule has 2 aromatic carbocycles. The lowest BCUT2D eigenvalue weighted by molar-refractivity contribution is 0.466. The molecular weight excluding hydrogens is 338 g/mol. The monoisotopic (exact) mass is 353 g/mol. The van der Waals surface area contributed by atoms with Gasteiger partial charge in [-0.15, -0.1) is 0 Å². The Labute approximate surface area is 128 Å². The second-order valence-corrected chi connectivity index (χ2v) is 7.61. The Kier molecular flexibility index (Phi) is 4.62. The zero-order chi connectivity index (χ0) is 14.8. The van der Waals surface area contributed by atoms with Gasteiger partial charge >= 0.3 is 0 Å². The van der Waals surface area contributed by atoms with Gasteiger partial charge in [0.1, 0.15) is 0 Å². The third-order valence-electron chi connectivity index (χ3n) is 3.16. The lowest BCUT2D eigenvalue weighted by atomic mass is 10.1. The zero-order valence-electron chi connectivity index (χ0n) is 11.4. The molecule has 5 heteroatoms. The Bertz CT molecular complexity index is 713. The van der Waals surface area contributed by atoms with Gasteiger partial charge in [0, 0.05) is 18.1 Å². The summed E-state index contributed by atoms with van der Waals surface area (Å²) in [7, 11) is -1.87. The third-order valence-corrected chi connectivity index (χ3v) is 5.45. The summed E-state index contributed by atoms with van der Waals surface area (Å²) in [6.07, 6.45) is 0. The molecule has 0 saturated carbocycles. The van der Waals surface area contributed by atoms with Crippen molar-refractivity contribution < 1.29 is 8.42 Å². The van der Waals surface area contributed by atoms with E-state index in [1.54, 1.807) is 31.3 Å². The van der Waals surface area contributed by atoms with Gasteiger partial charge in [-0.2, -0.15) is 4.31 Å². The van der Waals surface area contributed by atoms with Crippen molar-refractivity contribution in [2.45, 2.75) is 18.4 Å². The number of hydrogen-bond acceptors (Lipinski definition) is 2. The molecule has 2 rings (SSSR count). The van der Waals surface area contributed by atoms with Crippen LogP contribution in [0.25, 0.3) is 0 Å². The average Bonchev–Trinajstić information content (AvgIpc) is 2.41. The summed E-state index contributed by atoms with van der Waals surface area (Å²) in [5, 5.41) is 0. The maximum Gasteiger partial charge on any atom is 0.243 e. The van der Waals surface area contributed by atoms with E-state index < -0.39 is 10.0 Å². The topological polar surface area (TPSA) is 37.4 Å². The highest BCUT2D eigenvalue weighted by Crippen LogP contribution is 2.21. The maximum atomic E-state index is 12.5. The molecule has 0 aliphatic carbocycles. The molecule has 0 aromatic heterocycles. The van der Waals surface area contributed by atoms with E-state index in [0.717, 1.165) is 15.6 Å². The molecule has 20 heavy (non-hydrogen) atoms. The van der Waals surface area contributed by atoms with Crippen LogP contribution in [-0.2, 0) is 16.6 Å². The predicted octanol–water partition coefficient (Wildman–Crippen LogP) is 3.58. The standard InChI is InChI=1S/C15H16BrNO2S/c1-12-6-3-4-7-13(12)11-17(2)20(18,19)15-9-5-8-14(16)10-15/h3-10H,11H2,1-2H3. The van der Waals surface area contributed by atoms with Gasteiger partial charge in [-0.1, -0.05) is 46.3 Å². The predicted molar refractivity (Wildman–Crippen MR) is 84.0 cm³/mol. The summed E-state index contributed by atoms with van der Waals surface area (Å²) in [5.74, 6) is 0. The zero-order valence-corrected chi connectivity index (χ0v) is 13.8. The highest BCUT2D eigenvalue weighted by atomic mass is 79.9. The summed E-state index contributed by atoms with van der Waals surface area (Å²) in [4.78, 5) is 0.294. The van der Waals surface area contributed by atoms with Crippen LogP contribution in [0.5, 0.6) is 0 Å². The summed E-state index contributed by atoms with van der Waals surface area (Å²) >= 11 is 3.30. The Hall–Kier alpha value is -1.17. The van der Waals surface area contributed by atoms with Crippen LogP contribution in [0.4, 0.5) is 0 Å². The molecule has 0 bridgehead atoms. The number of aryl methyl sites for hydroxylation is 1. The molecule has 0 heterocycles. The quantitative estimate of drug-likeness (QED) is 0.842. The number of benzene rings is 2. The molecule has 106 valence electrons. The fourth-order valence-electron chi connectivity index (χ4n) is 1.92. The third kappa shape index (κ3) is 3.29. The molecule has 0 atom stereocenters. The Morgan fingerprint density at radius 2 is 1.80 bits per heavy atom. The number of halogens is 1. The van der Waals surface area contributed by atoms with Crippen molar-refractivity contribution in [1.29, 1.82) is 0 Å². The fraction of sp³-hybridized carbons (Fsp3) is 0.200. The van der Waals surface area contributed by atoms with Crippen molar-refractivity contribution in [3.05, 3.63) is 64.1 Å². The van der Waals surface area contributed by atoms with Crippen LogP contribution in [0, 0.1) is 6.92 Å². The highest BCUT2D eigenvalue weighted by molar-refractivity contribution is 9.10. The first-order chi connectivity index (χ1) is 9.41. The van der Waals surface area contributed by atoms with Crippen LogP contribution in [-0.4, -0.2) is 19.8 Å². The van der Waals surface area contributed by atoms with Crippen LogP contribution in [0.15, 0.2) is 57.9 Å². The molecular formula is C15H16BrNO2S. The minimum absolute atomic E-state index is 0.294. The fourth-order valence-corrected chi connectivity index (χ4v) is 3.67. The Morgan fingerprint density at radius 1 is 1.10 bits per heavy atom. The van der Waals surface area contributed by atoms with Gasteiger partial charge in [0.2, 0.25) is 10.0 Å². The summed E-state index contributed by atoms with van der Waals surface area (Å²) in [6, 6.07) is 14.5. The van der Waals surface area contributed by atoms with Gasteiger partial charge in [0.15, 0.2) is 0 Å². The van der Waals surface area contributed by atoms with Gasteiger partial charge in [-0.3, -0.25) is 0 Å². The van der Waals surface area contributed by atoms with Crippen molar-refractivity contribution in [3.63, 3.8) is 0 Å².